The molecule has 0 radical (unpaired) electrons. The van der Waals surface area contributed by atoms with Crippen molar-refractivity contribution in [3.05, 3.63) is 72.4 Å². The highest BCUT2D eigenvalue weighted by Crippen LogP contribution is 2.13. The molecule has 0 spiro atoms. The smallest absolute Gasteiger partial charge is 0.258 e. The van der Waals surface area contributed by atoms with Gasteiger partial charge in [0, 0.05) is 37.1 Å². The van der Waals surface area contributed by atoms with Crippen LogP contribution in [0.3, 0.4) is 0 Å². The number of ketones is 1. The quantitative estimate of drug-likeness (QED) is 0.621. The summed E-state index contributed by atoms with van der Waals surface area (Å²) < 4.78 is 7.24. The predicted octanol–water partition coefficient (Wildman–Crippen LogP) is 2.56. The van der Waals surface area contributed by atoms with Crippen LogP contribution in [0.1, 0.15) is 29.3 Å². The minimum atomic E-state index is -0.234. The van der Waals surface area contributed by atoms with Gasteiger partial charge in [0.2, 0.25) is 0 Å². The van der Waals surface area contributed by atoms with Gasteiger partial charge in [0.15, 0.2) is 12.4 Å². The van der Waals surface area contributed by atoms with Crippen LogP contribution in [-0.4, -0.2) is 32.8 Å². The molecular weight excluding hydrogens is 344 g/mol. The highest BCUT2D eigenvalue weighted by Gasteiger charge is 2.06. The first kappa shape index (κ1) is 18.3. The second-order valence-electron chi connectivity index (χ2n) is 5.86. The number of pyridine rings is 1. The molecular formula is C20H20N4O3. The van der Waals surface area contributed by atoms with Crippen molar-refractivity contribution in [1.29, 1.82) is 0 Å². The molecule has 0 aliphatic carbocycles. The van der Waals surface area contributed by atoms with Gasteiger partial charge in [-0.3, -0.25) is 14.2 Å². The summed E-state index contributed by atoms with van der Waals surface area (Å²) >= 11 is 0. The van der Waals surface area contributed by atoms with Crippen molar-refractivity contribution in [3.63, 3.8) is 0 Å². The number of aromatic nitrogens is 3. The molecule has 1 N–H and O–H groups in total. The molecule has 27 heavy (non-hydrogen) atoms. The summed E-state index contributed by atoms with van der Waals surface area (Å²) in [6.07, 6.45) is 7.34. The molecule has 0 fully saturated rings. The lowest BCUT2D eigenvalue weighted by atomic mass is 10.1. The van der Waals surface area contributed by atoms with Crippen LogP contribution >= 0.6 is 0 Å². The van der Waals surface area contributed by atoms with Crippen molar-refractivity contribution in [2.45, 2.75) is 19.9 Å². The molecule has 0 unspecified atom stereocenters. The minimum absolute atomic E-state index is 0.0759. The van der Waals surface area contributed by atoms with E-state index in [-0.39, 0.29) is 18.3 Å². The first-order valence-electron chi connectivity index (χ1n) is 8.61. The molecule has 1 aromatic carbocycles. The van der Waals surface area contributed by atoms with Crippen molar-refractivity contribution in [1.82, 2.24) is 19.9 Å². The summed E-state index contributed by atoms with van der Waals surface area (Å²) in [5.41, 5.74) is 1.52. The van der Waals surface area contributed by atoms with Gasteiger partial charge in [-0.1, -0.05) is 13.0 Å². The molecule has 2 aromatic heterocycles. The van der Waals surface area contributed by atoms with E-state index in [1.807, 2.05) is 25.3 Å². The van der Waals surface area contributed by atoms with E-state index in [0.29, 0.717) is 24.3 Å². The Hall–Kier alpha value is -3.48. The fourth-order valence-corrected chi connectivity index (χ4v) is 2.41. The Morgan fingerprint density at radius 2 is 1.96 bits per heavy atom. The maximum absolute atomic E-state index is 11.9. The third kappa shape index (κ3) is 5.01. The number of hydrogen-bond acceptors (Lipinski definition) is 5. The largest absolute Gasteiger partial charge is 0.484 e. The average molecular weight is 364 g/mol. The molecule has 0 saturated heterocycles. The first-order chi connectivity index (χ1) is 13.2. The molecule has 7 nitrogen and oxygen atoms in total. The monoisotopic (exact) mass is 364 g/mol. The lowest BCUT2D eigenvalue weighted by molar-refractivity contribution is -0.123. The van der Waals surface area contributed by atoms with E-state index in [1.54, 1.807) is 47.6 Å². The summed E-state index contributed by atoms with van der Waals surface area (Å²) in [7, 11) is 0. The molecule has 138 valence electrons. The van der Waals surface area contributed by atoms with E-state index in [1.165, 1.54) is 0 Å². The van der Waals surface area contributed by atoms with Gasteiger partial charge < -0.3 is 10.1 Å². The van der Waals surface area contributed by atoms with Crippen LogP contribution < -0.4 is 10.1 Å². The highest BCUT2D eigenvalue weighted by atomic mass is 16.5. The number of nitrogens with zero attached hydrogens (tertiary/aromatic N) is 3. The van der Waals surface area contributed by atoms with Crippen molar-refractivity contribution in [3.8, 4) is 11.6 Å². The van der Waals surface area contributed by atoms with Crippen LogP contribution in [0.4, 0.5) is 0 Å². The Labute approximate surface area is 157 Å². The van der Waals surface area contributed by atoms with Gasteiger partial charge in [0.25, 0.3) is 5.91 Å². The Balaban J connectivity index is 1.45. The van der Waals surface area contributed by atoms with E-state index < -0.39 is 0 Å². The number of carbonyl (C=O) groups is 2. The minimum Gasteiger partial charge on any atom is -0.484 e. The zero-order valence-electron chi connectivity index (χ0n) is 15.0. The fourth-order valence-electron chi connectivity index (χ4n) is 2.41. The van der Waals surface area contributed by atoms with Gasteiger partial charge in [-0.05, 0) is 35.9 Å². The van der Waals surface area contributed by atoms with Gasteiger partial charge >= 0.3 is 0 Å². The van der Waals surface area contributed by atoms with Gasteiger partial charge in [0.1, 0.15) is 17.9 Å². The molecule has 7 heteroatoms. The van der Waals surface area contributed by atoms with Crippen molar-refractivity contribution < 1.29 is 14.3 Å². The molecule has 1 amide bonds. The summed E-state index contributed by atoms with van der Waals surface area (Å²) in [5.74, 6) is 1.15. The molecule has 3 rings (SSSR count). The zero-order chi connectivity index (χ0) is 19.1. The van der Waals surface area contributed by atoms with E-state index >= 15 is 0 Å². The lowest BCUT2D eigenvalue weighted by Gasteiger charge is -2.08. The lowest BCUT2D eigenvalue weighted by Crippen LogP contribution is -2.28. The van der Waals surface area contributed by atoms with Crippen LogP contribution in [0.15, 0.2) is 61.3 Å². The van der Waals surface area contributed by atoms with Crippen molar-refractivity contribution >= 4 is 11.7 Å². The number of hydrogen-bond donors (Lipinski definition) is 1. The summed E-state index contributed by atoms with van der Waals surface area (Å²) in [5, 5.41) is 2.78. The predicted molar refractivity (Wildman–Crippen MR) is 99.8 cm³/mol. The third-order valence-corrected chi connectivity index (χ3v) is 3.94. The highest BCUT2D eigenvalue weighted by molar-refractivity contribution is 5.95. The molecule has 0 aliphatic rings. The van der Waals surface area contributed by atoms with Crippen LogP contribution in [0.25, 0.3) is 5.82 Å². The Morgan fingerprint density at radius 3 is 2.59 bits per heavy atom. The van der Waals surface area contributed by atoms with Crippen molar-refractivity contribution in [2.75, 3.05) is 6.61 Å². The maximum atomic E-state index is 11.9. The number of nitrogens with one attached hydrogen (secondary N) is 1. The van der Waals surface area contributed by atoms with Gasteiger partial charge in [-0.25, -0.2) is 9.97 Å². The van der Waals surface area contributed by atoms with Crippen LogP contribution in [-0.2, 0) is 11.3 Å². The first-order valence-corrected chi connectivity index (χ1v) is 8.61. The standard InChI is InChI=1S/C20H20N4O3/c1-2-18(25)16-4-6-17(7-5-16)27-13-20(26)23-12-15-3-8-19(22-11-15)24-10-9-21-14-24/h3-11,14H,2,12-13H2,1H3,(H,23,26). The normalized spacial score (nSPS) is 10.4. The number of amides is 1. The van der Waals surface area contributed by atoms with E-state index in [2.05, 4.69) is 15.3 Å². The van der Waals surface area contributed by atoms with Gasteiger partial charge in [-0.2, -0.15) is 0 Å². The Kier molecular flexibility index (Phi) is 5.94. The van der Waals surface area contributed by atoms with Crippen LogP contribution in [0, 0.1) is 0 Å². The topological polar surface area (TPSA) is 86.1 Å². The number of Topliss-reactive ketones (excluding diaryl/α,β-unsaturated/α-hetero) is 1. The average Bonchev–Trinajstić information content (AvgIpc) is 3.26. The maximum Gasteiger partial charge on any atom is 0.258 e. The molecule has 0 aliphatic heterocycles. The molecule has 0 atom stereocenters. The number of ether oxygens (including phenoxy) is 1. The number of carbonyl (C=O) groups excluding carboxylic acids is 2. The summed E-state index contributed by atoms with van der Waals surface area (Å²) in [6, 6.07) is 10.5. The van der Waals surface area contributed by atoms with Gasteiger partial charge in [-0.15, -0.1) is 0 Å². The Morgan fingerprint density at radius 1 is 1.15 bits per heavy atom. The Bertz CT molecular complexity index is 888. The summed E-state index contributed by atoms with van der Waals surface area (Å²) in [4.78, 5) is 31.8. The van der Waals surface area contributed by atoms with E-state index in [0.717, 1.165) is 11.4 Å². The third-order valence-electron chi connectivity index (χ3n) is 3.94. The molecule has 0 bridgehead atoms. The zero-order valence-corrected chi connectivity index (χ0v) is 15.0. The fraction of sp³-hybridized carbons (Fsp3) is 0.200. The van der Waals surface area contributed by atoms with Crippen molar-refractivity contribution in [2.24, 2.45) is 0 Å². The molecule has 2 heterocycles. The number of benzene rings is 1. The van der Waals surface area contributed by atoms with E-state index in [4.69, 9.17) is 4.74 Å². The molecule has 0 saturated carbocycles. The number of rotatable bonds is 8. The second-order valence-corrected chi connectivity index (χ2v) is 5.86. The second kappa shape index (κ2) is 8.75. The SMILES string of the molecule is CCC(=O)c1ccc(OCC(=O)NCc2ccc(-n3ccnc3)nc2)cc1. The van der Waals surface area contributed by atoms with Crippen LogP contribution in [0.5, 0.6) is 5.75 Å². The van der Waals surface area contributed by atoms with Gasteiger partial charge in [0.05, 0.1) is 0 Å². The van der Waals surface area contributed by atoms with Crippen LogP contribution in [0.2, 0.25) is 0 Å². The van der Waals surface area contributed by atoms with E-state index in [9.17, 15) is 9.59 Å². The summed E-state index contributed by atoms with van der Waals surface area (Å²) in [6.45, 7) is 2.09. The number of imidazole rings is 1. The molecule has 3 aromatic rings.